The van der Waals surface area contributed by atoms with Gasteiger partial charge in [-0.25, -0.2) is 0 Å². The first-order valence-electron chi connectivity index (χ1n) is 9.69. The molecule has 0 aromatic heterocycles. The van der Waals surface area contributed by atoms with Crippen molar-refractivity contribution >= 4 is 5.76 Å². The maximum absolute atomic E-state index is 6.39. The lowest BCUT2D eigenvalue weighted by molar-refractivity contribution is -0.316. The Morgan fingerprint density at radius 2 is 1.32 bits per heavy atom. The van der Waals surface area contributed by atoms with Gasteiger partial charge in [0.05, 0.1) is 13.0 Å². The summed E-state index contributed by atoms with van der Waals surface area (Å²) in [5.41, 5.74) is 3.36. The minimum atomic E-state index is -1.07. The van der Waals surface area contributed by atoms with E-state index in [0.29, 0.717) is 13.0 Å². The molecule has 1 fully saturated rings. The lowest BCUT2D eigenvalue weighted by Gasteiger charge is -2.36. The van der Waals surface area contributed by atoms with Crippen molar-refractivity contribution < 1.29 is 14.2 Å². The van der Waals surface area contributed by atoms with Gasteiger partial charge in [0.25, 0.3) is 0 Å². The molecule has 2 aliphatic heterocycles. The van der Waals surface area contributed by atoms with Gasteiger partial charge in [-0.1, -0.05) is 91.0 Å². The standard InChI is InChI=1S/C25H22O3/c1-4-10-19(11-5-1)22-16-23(20-12-6-2-7-13-20)27-25(17-22)26-18-24(28-25)21-14-8-3-9-15-21/h1-16,22,24H,17-18H2/t22-,24+,25-/m1/s1. The van der Waals surface area contributed by atoms with Crippen molar-refractivity contribution in [1.82, 2.24) is 0 Å². The Labute approximate surface area is 165 Å². The SMILES string of the molecule is C1=C(c2ccccc2)O[C@@]2(C[C@@H]1c1ccccc1)OC[C@@H](c1ccccc1)O2. The summed E-state index contributed by atoms with van der Waals surface area (Å²) >= 11 is 0. The summed E-state index contributed by atoms with van der Waals surface area (Å²) in [6.45, 7) is 0.480. The van der Waals surface area contributed by atoms with Crippen molar-refractivity contribution in [2.75, 3.05) is 6.61 Å². The highest BCUT2D eigenvalue weighted by molar-refractivity contribution is 5.62. The van der Waals surface area contributed by atoms with Gasteiger partial charge < -0.3 is 14.2 Å². The van der Waals surface area contributed by atoms with E-state index in [4.69, 9.17) is 14.2 Å². The minimum Gasteiger partial charge on any atom is -0.439 e. The molecule has 3 nitrogen and oxygen atoms in total. The number of hydrogen-bond acceptors (Lipinski definition) is 3. The van der Waals surface area contributed by atoms with Crippen LogP contribution < -0.4 is 0 Å². The van der Waals surface area contributed by atoms with E-state index < -0.39 is 5.97 Å². The average Bonchev–Trinajstić information content (AvgIpc) is 3.18. The van der Waals surface area contributed by atoms with E-state index in [1.54, 1.807) is 0 Å². The van der Waals surface area contributed by atoms with Gasteiger partial charge in [-0.3, -0.25) is 0 Å². The van der Waals surface area contributed by atoms with Crippen molar-refractivity contribution in [3.8, 4) is 0 Å². The lowest BCUT2D eigenvalue weighted by Crippen LogP contribution is -2.37. The second kappa shape index (κ2) is 7.27. The van der Waals surface area contributed by atoms with Gasteiger partial charge >= 0.3 is 5.97 Å². The van der Waals surface area contributed by atoms with Crippen molar-refractivity contribution in [1.29, 1.82) is 0 Å². The maximum atomic E-state index is 6.39. The molecule has 1 spiro atoms. The fourth-order valence-corrected chi connectivity index (χ4v) is 3.91. The number of ether oxygens (including phenoxy) is 3. The van der Waals surface area contributed by atoms with Crippen LogP contribution in [0.1, 0.15) is 35.1 Å². The first-order chi connectivity index (χ1) is 13.8. The molecule has 1 saturated heterocycles. The van der Waals surface area contributed by atoms with Gasteiger partial charge in [-0.05, 0) is 17.2 Å². The molecule has 28 heavy (non-hydrogen) atoms. The normalized spacial score (nSPS) is 26.6. The summed E-state index contributed by atoms with van der Waals surface area (Å²) in [7, 11) is 0. The molecule has 140 valence electrons. The summed E-state index contributed by atoms with van der Waals surface area (Å²) in [6.07, 6.45) is 2.67. The Balaban J connectivity index is 1.49. The molecule has 3 heteroatoms. The van der Waals surface area contributed by atoms with E-state index >= 15 is 0 Å². The molecule has 0 radical (unpaired) electrons. The molecule has 0 aliphatic carbocycles. The van der Waals surface area contributed by atoms with Gasteiger partial charge in [0.15, 0.2) is 0 Å². The highest BCUT2D eigenvalue weighted by atomic mass is 16.9. The summed E-state index contributed by atoms with van der Waals surface area (Å²) < 4.78 is 18.9. The molecule has 0 N–H and O–H groups in total. The van der Waals surface area contributed by atoms with E-state index in [0.717, 1.165) is 16.9 Å². The smallest absolute Gasteiger partial charge is 0.328 e. The number of hydrogen-bond donors (Lipinski definition) is 0. The van der Waals surface area contributed by atoms with Crippen LogP contribution in [0.3, 0.4) is 0 Å². The number of rotatable bonds is 3. The predicted molar refractivity (Wildman–Crippen MR) is 108 cm³/mol. The van der Waals surface area contributed by atoms with Gasteiger partial charge in [0.1, 0.15) is 11.9 Å². The first-order valence-corrected chi connectivity index (χ1v) is 9.69. The van der Waals surface area contributed by atoms with E-state index in [9.17, 15) is 0 Å². The molecular formula is C25H22O3. The van der Waals surface area contributed by atoms with Gasteiger partial charge in [0.2, 0.25) is 0 Å². The van der Waals surface area contributed by atoms with Crippen LogP contribution in [0.2, 0.25) is 0 Å². The lowest BCUT2D eigenvalue weighted by atomic mass is 9.91. The molecule has 5 rings (SSSR count). The van der Waals surface area contributed by atoms with Crippen LogP contribution in [0.15, 0.2) is 97.1 Å². The van der Waals surface area contributed by atoms with Crippen molar-refractivity contribution in [2.45, 2.75) is 24.4 Å². The van der Waals surface area contributed by atoms with E-state index in [-0.39, 0.29) is 12.0 Å². The van der Waals surface area contributed by atoms with Crippen molar-refractivity contribution in [3.63, 3.8) is 0 Å². The summed E-state index contributed by atoms with van der Waals surface area (Å²) in [6, 6.07) is 30.8. The molecule has 0 bridgehead atoms. The largest absolute Gasteiger partial charge is 0.439 e. The molecule has 0 amide bonds. The average molecular weight is 370 g/mol. The molecule has 2 heterocycles. The third kappa shape index (κ3) is 3.35. The highest BCUT2D eigenvalue weighted by Crippen LogP contribution is 2.47. The zero-order valence-corrected chi connectivity index (χ0v) is 15.5. The van der Waals surface area contributed by atoms with E-state index in [1.165, 1.54) is 5.56 Å². The Kier molecular flexibility index (Phi) is 4.47. The molecule has 3 aromatic rings. The van der Waals surface area contributed by atoms with Crippen LogP contribution in [0, 0.1) is 0 Å². The number of benzene rings is 3. The van der Waals surface area contributed by atoms with Crippen LogP contribution in [0.4, 0.5) is 0 Å². The molecule has 0 unspecified atom stereocenters. The van der Waals surface area contributed by atoms with Crippen LogP contribution in [-0.4, -0.2) is 12.6 Å². The van der Waals surface area contributed by atoms with E-state index in [1.807, 2.05) is 42.5 Å². The summed E-state index contributed by atoms with van der Waals surface area (Å²) in [5, 5.41) is 0. The van der Waals surface area contributed by atoms with Crippen molar-refractivity contribution in [3.05, 3.63) is 114 Å². The van der Waals surface area contributed by atoms with Crippen LogP contribution in [-0.2, 0) is 14.2 Å². The summed E-state index contributed by atoms with van der Waals surface area (Å²) in [5.74, 6) is -0.116. The molecule has 3 atom stereocenters. The third-order valence-electron chi connectivity index (χ3n) is 5.32. The Bertz CT molecular complexity index is 953. The highest BCUT2D eigenvalue weighted by Gasteiger charge is 2.49. The van der Waals surface area contributed by atoms with Gasteiger partial charge in [0, 0.05) is 11.5 Å². The minimum absolute atomic E-state index is 0.132. The Morgan fingerprint density at radius 3 is 2.00 bits per heavy atom. The number of allylic oxidation sites excluding steroid dienone is 1. The Morgan fingerprint density at radius 1 is 0.714 bits per heavy atom. The van der Waals surface area contributed by atoms with E-state index in [2.05, 4.69) is 54.6 Å². The summed E-state index contributed by atoms with van der Waals surface area (Å²) in [4.78, 5) is 0. The van der Waals surface area contributed by atoms with Crippen LogP contribution in [0.25, 0.3) is 5.76 Å². The quantitative estimate of drug-likeness (QED) is 0.594. The molecule has 2 aliphatic rings. The Hall–Kier alpha value is -2.88. The predicted octanol–water partition coefficient (Wildman–Crippen LogP) is 5.67. The molecule has 3 aromatic carbocycles. The zero-order valence-electron chi connectivity index (χ0n) is 15.5. The van der Waals surface area contributed by atoms with Crippen LogP contribution in [0.5, 0.6) is 0 Å². The maximum Gasteiger partial charge on any atom is 0.328 e. The topological polar surface area (TPSA) is 27.7 Å². The second-order valence-electron chi connectivity index (χ2n) is 7.23. The zero-order chi connectivity index (χ0) is 18.8. The first kappa shape index (κ1) is 17.2. The molecule has 0 saturated carbocycles. The second-order valence-corrected chi connectivity index (χ2v) is 7.23. The van der Waals surface area contributed by atoms with Gasteiger partial charge in [-0.2, -0.15) is 0 Å². The fraction of sp³-hybridized carbons (Fsp3) is 0.200. The van der Waals surface area contributed by atoms with Gasteiger partial charge in [-0.15, -0.1) is 0 Å². The monoisotopic (exact) mass is 370 g/mol. The molecular weight excluding hydrogens is 348 g/mol. The van der Waals surface area contributed by atoms with Crippen LogP contribution >= 0.6 is 0 Å². The fourth-order valence-electron chi connectivity index (χ4n) is 3.91. The third-order valence-corrected chi connectivity index (χ3v) is 5.32. The van der Waals surface area contributed by atoms with Crippen molar-refractivity contribution in [2.24, 2.45) is 0 Å².